The molecular formula is C68H50O45. The van der Waals surface area contributed by atoms with Gasteiger partial charge in [0.15, 0.2) is 141 Å². The predicted molar refractivity (Wildman–Crippen MR) is 343 cm³/mol. The minimum atomic E-state index is -4.42. The number of aromatic hydroxyl groups is 18. The number of fused-ring (bicyclic) bond motifs is 3. The number of carbonyl (C=O) groups excluding carboxylic acids is 9. The van der Waals surface area contributed by atoms with E-state index >= 15 is 19.2 Å². The number of ether oxygens (including phenoxy) is 13. The molecule has 23 N–H and O–H groups in total. The summed E-state index contributed by atoms with van der Waals surface area (Å²) >= 11 is 0. The minimum Gasteiger partial charge on any atom is -0.504 e. The van der Waals surface area contributed by atoms with Gasteiger partial charge in [-0.25, -0.2) is 33.6 Å². The second-order valence-corrected chi connectivity index (χ2v) is 24.9. The number of hydrogen-bond donors (Lipinski definition) is 23. The number of benzene rings is 7. The topological polar surface area (TPSA) is 739 Å². The average molecular weight is 1590 g/mol. The highest BCUT2D eigenvalue weighted by Crippen LogP contribution is 2.59. The zero-order valence-electron chi connectivity index (χ0n) is 55.5. The third-order valence-corrected chi connectivity index (χ3v) is 18.2. The molecule has 7 aliphatic heterocycles. The monoisotopic (exact) mass is 1590 g/mol. The lowest BCUT2D eigenvalue weighted by molar-refractivity contribution is -0.352. The van der Waals surface area contributed by atoms with Crippen LogP contribution in [0.25, 0.3) is 22.3 Å². The summed E-state index contributed by atoms with van der Waals surface area (Å²) < 4.78 is 72.4. The highest BCUT2D eigenvalue weighted by atomic mass is 16.7. The molecule has 0 radical (unpaired) electrons. The van der Waals surface area contributed by atoms with Gasteiger partial charge in [-0.2, -0.15) is 0 Å². The van der Waals surface area contributed by atoms with Gasteiger partial charge < -0.3 is 179 Å². The van der Waals surface area contributed by atoms with E-state index in [9.17, 15) is 141 Å². The van der Waals surface area contributed by atoms with Crippen LogP contribution in [0.1, 0.15) is 62.1 Å². The molecule has 12 bridgehead atoms. The molecular weight excluding hydrogens is 1540 g/mol. The average Bonchev–Trinajstić information content (AvgIpc) is 0.751. The molecule has 113 heavy (non-hydrogen) atoms. The molecule has 45 heteroatoms. The van der Waals surface area contributed by atoms with Gasteiger partial charge in [-0.1, -0.05) is 0 Å². The van der Waals surface area contributed by atoms with Crippen LogP contribution in [-0.4, -0.2) is 264 Å². The maximum Gasteiger partial charge on any atom is 0.342 e. The fourth-order valence-corrected chi connectivity index (χ4v) is 12.6. The first-order valence-corrected chi connectivity index (χ1v) is 31.6. The Morgan fingerprint density at radius 1 is 0.442 bits per heavy atom. The van der Waals surface area contributed by atoms with E-state index in [1.807, 2.05) is 0 Å². The van der Waals surface area contributed by atoms with Gasteiger partial charge in [0, 0.05) is 40.5 Å². The standard InChI is InChI=1S/C68H50O45/c69-14-101-12-32-51-53(109-58(89)15-3-23(70)39(79)24(71)4-15)55(65(96)105-32)111-63(94)21-9-29(76)43(83)48(88)49(21)103-31-10-20-37(47(87)44(31)84)36-19(8-28(75)42(82)46(36)86)60(91)102-13-33-52(108-62(20)93)54(110-59(90)16-5-25(72)40(80)26(73)6-16)56(66(97)106-33)112-64(95)22-11-34(77)67(98,99)68(100)57(22)104-30-2-1-17(38(78)50(30)113-68)35-18(61(92)107-51)7-27(74)41(81)45(35)85/h1-11,14,32-33,51-57,65-66,70-76,78-88,96-100H,12-13H2/t32?,33?,51-,52+,53+,54-,55+,56?,57?,65-,66+,68?/m0/s1. The van der Waals surface area contributed by atoms with Crippen molar-refractivity contribution in [2.24, 2.45) is 0 Å². The van der Waals surface area contributed by atoms with E-state index in [4.69, 9.17) is 61.6 Å². The van der Waals surface area contributed by atoms with Crippen LogP contribution in [-0.2, 0) is 61.8 Å². The van der Waals surface area contributed by atoms with Crippen molar-refractivity contribution in [3.8, 4) is 149 Å². The van der Waals surface area contributed by atoms with Crippen molar-refractivity contribution in [1.82, 2.24) is 0 Å². The number of phenolic OH excluding ortho intramolecular Hbond substituents is 18. The quantitative estimate of drug-likeness (QED) is 0.0298. The number of aliphatic hydroxyl groups excluding tert-OH is 2. The van der Waals surface area contributed by atoms with Crippen LogP contribution in [0, 0.1) is 0 Å². The largest absolute Gasteiger partial charge is 0.504 e. The number of carbonyl (C=O) groups is 9. The van der Waals surface area contributed by atoms with Crippen molar-refractivity contribution in [1.29, 1.82) is 0 Å². The van der Waals surface area contributed by atoms with E-state index in [1.54, 1.807) is 0 Å². The maximum atomic E-state index is 15.5. The lowest BCUT2D eigenvalue weighted by atomic mass is 9.83. The van der Waals surface area contributed by atoms with E-state index in [2.05, 4.69) is 0 Å². The predicted octanol–water partition coefficient (Wildman–Crippen LogP) is -1.04. The molecule has 2 saturated heterocycles. The summed E-state index contributed by atoms with van der Waals surface area (Å²) in [5.41, 5.74) is -14.2. The summed E-state index contributed by atoms with van der Waals surface area (Å²) in [6.07, 6.45) is -30.5. The molecule has 1 aliphatic carbocycles. The Balaban J connectivity index is 1.06. The molecule has 7 aromatic rings. The van der Waals surface area contributed by atoms with Gasteiger partial charge in [0.2, 0.25) is 46.4 Å². The van der Waals surface area contributed by atoms with Crippen LogP contribution < -0.4 is 14.2 Å². The highest BCUT2D eigenvalue weighted by Gasteiger charge is 2.69. The summed E-state index contributed by atoms with van der Waals surface area (Å²) in [6.45, 7) is -3.02. The first-order valence-electron chi connectivity index (χ1n) is 31.6. The summed E-state index contributed by atoms with van der Waals surface area (Å²) in [4.78, 5) is 130. The number of hydrogen-bond acceptors (Lipinski definition) is 45. The van der Waals surface area contributed by atoms with E-state index in [0.717, 1.165) is 0 Å². The summed E-state index contributed by atoms with van der Waals surface area (Å²) in [5.74, 6) is -58.0. The Hall–Kier alpha value is -14.8. The molecule has 0 spiro atoms. The third-order valence-electron chi connectivity index (χ3n) is 18.2. The molecule has 0 aromatic heterocycles. The normalized spacial score (nSPS) is 24.3. The van der Waals surface area contributed by atoms with E-state index in [-0.39, 0.29) is 30.7 Å². The van der Waals surface area contributed by atoms with Gasteiger partial charge in [-0.15, -0.1) is 0 Å². The molecule has 592 valence electrons. The Kier molecular flexibility index (Phi) is 18.7. The fourth-order valence-electron chi connectivity index (χ4n) is 12.6. The Labute approximate surface area is 621 Å². The lowest BCUT2D eigenvalue weighted by Gasteiger charge is -2.48. The molecule has 0 amide bonds. The molecule has 2 fully saturated rings. The molecule has 0 saturated carbocycles. The number of esters is 7. The van der Waals surface area contributed by atoms with Crippen molar-refractivity contribution in [3.05, 3.63) is 106 Å². The SMILES string of the molecule is O=COCC1O[C@H](O)[C@@H]2OC(=O)c3cc(O)c(O)c(O)c3Oc3cc4c(c(O)c3O)-c3c(cc(O)c(O)c3O)C(=O)OCC3O[C@@H](O)C(OC(=O)C5=CC(=O)C(O)(O)C6(O)Oc7c(ccc(c7O)-c7c(cc(O)c(O)c7O)C(=O)O[C@@H]1[C@H]2OC(=O)c1cc(O)c(O)c(O)c1)OC56)[C@@H](OC(=O)c1cc(O)c(O)c(O)c1)[C@@H]3OC4=O. The molecule has 45 nitrogen and oxygen atoms in total. The third kappa shape index (κ3) is 12.5. The summed E-state index contributed by atoms with van der Waals surface area (Å²) in [5, 5.41) is 259. The second kappa shape index (κ2) is 27.7. The van der Waals surface area contributed by atoms with Gasteiger partial charge in [-0.3, -0.25) is 9.59 Å². The zero-order valence-corrected chi connectivity index (χ0v) is 55.5. The molecule has 8 aliphatic rings. The van der Waals surface area contributed by atoms with Gasteiger partial charge in [-0.05, 0) is 48.5 Å². The van der Waals surface area contributed by atoms with E-state index < -0.39 is 328 Å². The lowest BCUT2D eigenvalue weighted by Crippen LogP contribution is -2.73. The van der Waals surface area contributed by atoms with Crippen molar-refractivity contribution >= 4 is 54.0 Å². The van der Waals surface area contributed by atoms with Gasteiger partial charge in [0.25, 0.3) is 12.3 Å². The number of rotatable bonds is 7. The Morgan fingerprint density at radius 2 is 0.894 bits per heavy atom. The van der Waals surface area contributed by atoms with Crippen LogP contribution in [0.2, 0.25) is 0 Å². The smallest absolute Gasteiger partial charge is 0.342 e. The number of phenols is 18. The van der Waals surface area contributed by atoms with Crippen LogP contribution in [0.3, 0.4) is 0 Å². The van der Waals surface area contributed by atoms with E-state index in [0.29, 0.717) is 42.5 Å². The Bertz CT molecular complexity index is 5300. The first kappa shape index (κ1) is 76.4. The molecule has 5 unspecified atom stereocenters. The van der Waals surface area contributed by atoms with Gasteiger partial charge in [0.05, 0.1) is 33.4 Å². The highest BCUT2D eigenvalue weighted by molar-refractivity contribution is 6.10. The maximum absolute atomic E-state index is 15.5. The molecule has 15 rings (SSSR count). The van der Waals surface area contributed by atoms with E-state index in [1.165, 1.54) is 0 Å². The summed E-state index contributed by atoms with van der Waals surface area (Å²) in [6, 6.07) is 3.78. The number of cyclic esters (lactones) is 1. The first-order chi connectivity index (χ1) is 53.2. The van der Waals surface area contributed by atoms with Crippen LogP contribution in [0.15, 0.2) is 72.3 Å². The zero-order chi connectivity index (χ0) is 82.1. The fraction of sp³-hybridized carbons (Fsp3) is 0.221. The summed E-state index contributed by atoms with van der Waals surface area (Å²) in [7, 11) is 0. The Morgan fingerprint density at radius 3 is 1.45 bits per heavy atom. The molecule has 7 aromatic carbocycles. The van der Waals surface area contributed by atoms with Crippen molar-refractivity contribution in [2.75, 3.05) is 13.2 Å². The number of ketones is 1. The van der Waals surface area contributed by atoms with Crippen LogP contribution in [0.5, 0.6) is 126 Å². The van der Waals surface area contributed by atoms with Crippen molar-refractivity contribution in [2.45, 2.75) is 79.1 Å². The minimum absolute atomic E-state index is 0.00949. The second-order valence-electron chi connectivity index (χ2n) is 24.9. The molecule has 12 atom stereocenters. The van der Waals surface area contributed by atoms with Crippen LogP contribution in [0.4, 0.5) is 0 Å². The van der Waals surface area contributed by atoms with Gasteiger partial charge in [0.1, 0.15) is 31.0 Å². The van der Waals surface area contributed by atoms with Crippen molar-refractivity contribution < 1.29 is 222 Å². The van der Waals surface area contributed by atoms with Crippen molar-refractivity contribution in [3.63, 3.8) is 0 Å². The molecule has 7 heterocycles. The van der Waals surface area contributed by atoms with Gasteiger partial charge >= 0.3 is 47.6 Å². The number of aliphatic hydroxyl groups is 5. The van der Waals surface area contributed by atoms with Crippen LogP contribution >= 0.6 is 0 Å².